The smallest absolute Gasteiger partial charge is 0.334 e. The van der Waals surface area contributed by atoms with Crippen LogP contribution in [0.4, 0.5) is 0 Å². The largest absolute Gasteiger partial charge is 0.428 e. The second-order valence-electron chi connectivity index (χ2n) is 4.01. The Bertz CT molecular complexity index is 320. The van der Waals surface area contributed by atoms with Gasteiger partial charge < -0.3 is 23.7 Å². The molecule has 0 N–H and O–H groups in total. The number of Topliss-reactive ketones (excluding diaryl/α,β-unsaturated/α-hetero) is 1. The number of esters is 2. The third kappa shape index (κ3) is 15.1. The summed E-state index contributed by atoms with van der Waals surface area (Å²) in [5.41, 5.74) is 0. The van der Waals surface area contributed by atoms with Crippen LogP contribution in [0.1, 0.15) is 19.8 Å². The van der Waals surface area contributed by atoms with Crippen LogP contribution in [0, 0.1) is 0 Å². The van der Waals surface area contributed by atoms with E-state index in [4.69, 9.17) is 9.47 Å². The van der Waals surface area contributed by atoms with E-state index in [-0.39, 0.29) is 25.2 Å². The van der Waals surface area contributed by atoms with Gasteiger partial charge in [-0.15, -0.1) is 0 Å². The van der Waals surface area contributed by atoms with Gasteiger partial charge in [0.05, 0.1) is 26.2 Å². The normalized spacial score (nSPS) is 10.2. The van der Waals surface area contributed by atoms with Crippen LogP contribution in [0.15, 0.2) is 0 Å². The molecule has 0 fully saturated rings. The zero-order valence-electron chi connectivity index (χ0n) is 12.4. The zero-order valence-corrected chi connectivity index (χ0v) is 13.2. The Kier molecular flexibility index (Phi) is 13.1. The first-order valence-electron chi connectivity index (χ1n) is 6.51. The van der Waals surface area contributed by atoms with Gasteiger partial charge in [0.2, 0.25) is 6.79 Å². The molecule has 0 aliphatic heterocycles. The molecule has 8 heteroatoms. The van der Waals surface area contributed by atoms with Crippen molar-refractivity contribution < 1.29 is 33.3 Å². The van der Waals surface area contributed by atoms with E-state index in [2.05, 4.69) is 9.47 Å². The van der Waals surface area contributed by atoms with E-state index in [9.17, 15) is 14.4 Å². The summed E-state index contributed by atoms with van der Waals surface area (Å²) < 4.78 is 19.5. The highest BCUT2D eigenvalue weighted by Crippen LogP contribution is 1.95. The number of hydrogen-bond acceptors (Lipinski definition) is 8. The second-order valence-corrected chi connectivity index (χ2v) is 5.00. The van der Waals surface area contributed by atoms with E-state index in [0.29, 0.717) is 19.8 Å². The number of carbonyl (C=O) groups excluding carboxylic acids is 3. The third-order valence-corrected chi connectivity index (χ3v) is 2.72. The first-order valence-corrected chi connectivity index (χ1v) is 7.90. The quantitative estimate of drug-likeness (QED) is 0.279. The molecule has 0 atom stereocenters. The number of rotatable bonds is 13. The molecule has 0 saturated carbocycles. The lowest BCUT2D eigenvalue weighted by Crippen LogP contribution is -2.18. The molecule has 0 amide bonds. The van der Waals surface area contributed by atoms with Crippen molar-refractivity contribution in [3.05, 3.63) is 0 Å². The molecule has 0 aliphatic rings. The summed E-state index contributed by atoms with van der Waals surface area (Å²) in [7, 11) is 0. The SMILES string of the molecule is CSCCOCCOCC(=O)OCOC(=O)CCC(C)=O. The number of hydrogen-bond donors (Lipinski definition) is 0. The molecule has 0 saturated heterocycles. The zero-order chi connectivity index (χ0) is 15.9. The predicted molar refractivity (Wildman–Crippen MR) is 77.0 cm³/mol. The summed E-state index contributed by atoms with van der Waals surface area (Å²) in [6.45, 7) is 2.04. The van der Waals surface area contributed by atoms with Gasteiger partial charge in [0.15, 0.2) is 0 Å². The van der Waals surface area contributed by atoms with E-state index < -0.39 is 18.7 Å². The molecular weight excluding hydrogens is 300 g/mol. The summed E-state index contributed by atoms with van der Waals surface area (Å²) in [5, 5.41) is 0. The monoisotopic (exact) mass is 322 g/mol. The maximum absolute atomic E-state index is 11.2. The summed E-state index contributed by atoms with van der Waals surface area (Å²) in [6, 6.07) is 0. The van der Waals surface area contributed by atoms with Gasteiger partial charge in [-0.25, -0.2) is 4.79 Å². The molecule has 0 radical (unpaired) electrons. The molecular formula is C13H22O7S. The lowest BCUT2D eigenvalue weighted by Gasteiger charge is -2.07. The van der Waals surface area contributed by atoms with Crippen molar-refractivity contribution in [3.63, 3.8) is 0 Å². The summed E-state index contributed by atoms with van der Waals surface area (Å²) >= 11 is 1.69. The molecule has 0 spiro atoms. The van der Waals surface area contributed by atoms with Crippen LogP contribution in [0.5, 0.6) is 0 Å². The molecule has 0 heterocycles. The van der Waals surface area contributed by atoms with Crippen LogP contribution in [0.25, 0.3) is 0 Å². The van der Waals surface area contributed by atoms with Crippen LogP contribution in [0.2, 0.25) is 0 Å². The van der Waals surface area contributed by atoms with Gasteiger partial charge in [0.1, 0.15) is 12.4 Å². The lowest BCUT2D eigenvalue weighted by atomic mass is 10.2. The first-order chi connectivity index (χ1) is 10.1. The fourth-order valence-corrected chi connectivity index (χ4v) is 1.36. The van der Waals surface area contributed by atoms with Crippen molar-refractivity contribution in [1.29, 1.82) is 0 Å². The van der Waals surface area contributed by atoms with Crippen molar-refractivity contribution in [2.45, 2.75) is 19.8 Å². The van der Waals surface area contributed by atoms with Gasteiger partial charge in [0.25, 0.3) is 0 Å². The fraction of sp³-hybridized carbons (Fsp3) is 0.769. The summed E-state index contributed by atoms with van der Waals surface area (Å²) in [5.74, 6) is -0.395. The van der Waals surface area contributed by atoms with Crippen LogP contribution in [-0.2, 0) is 33.3 Å². The number of carbonyl (C=O) groups is 3. The molecule has 0 aliphatic carbocycles. The molecule has 0 bridgehead atoms. The third-order valence-electron chi connectivity index (χ3n) is 2.14. The van der Waals surface area contributed by atoms with Gasteiger partial charge in [-0.05, 0) is 13.2 Å². The first kappa shape index (κ1) is 19.9. The number of ketones is 1. The lowest BCUT2D eigenvalue weighted by molar-refractivity contribution is -0.170. The number of ether oxygens (including phenoxy) is 4. The minimum Gasteiger partial charge on any atom is -0.428 e. The molecule has 21 heavy (non-hydrogen) atoms. The van der Waals surface area contributed by atoms with Crippen molar-refractivity contribution in [1.82, 2.24) is 0 Å². The second kappa shape index (κ2) is 13.8. The van der Waals surface area contributed by atoms with Gasteiger partial charge in [-0.3, -0.25) is 4.79 Å². The van der Waals surface area contributed by atoms with Crippen molar-refractivity contribution in [2.24, 2.45) is 0 Å². The van der Waals surface area contributed by atoms with E-state index >= 15 is 0 Å². The Morgan fingerprint density at radius 3 is 2.24 bits per heavy atom. The highest BCUT2D eigenvalue weighted by Gasteiger charge is 2.07. The minimum atomic E-state index is -0.626. The van der Waals surface area contributed by atoms with E-state index in [1.807, 2.05) is 6.26 Å². The van der Waals surface area contributed by atoms with Crippen LogP contribution >= 0.6 is 11.8 Å². The maximum Gasteiger partial charge on any atom is 0.334 e. The highest BCUT2D eigenvalue weighted by atomic mass is 32.2. The van der Waals surface area contributed by atoms with Crippen LogP contribution < -0.4 is 0 Å². The van der Waals surface area contributed by atoms with Gasteiger partial charge >= 0.3 is 11.9 Å². The average molecular weight is 322 g/mol. The van der Waals surface area contributed by atoms with E-state index in [0.717, 1.165) is 5.75 Å². The van der Waals surface area contributed by atoms with Crippen molar-refractivity contribution in [2.75, 3.05) is 45.2 Å². The Morgan fingerprint density at radius 2 is 1.57 bits per heavy atom. The summed E-state index contributed by atoms with van der Waals surface area (Å²) in [6.07, 6.45) is 2.09. The Hall–Kier alpha value is -1.12. The van der Waals surface area contributed by atoms with Gasteiger partial charge in [-0.1, -0.05) is 0 Å². The number of thioether (sulfide) groups is 1. The molecule has 0 aromatic rings. The molecule has 7 nitrogen and oxygen atoms in total. The predicted octanol–water partition coefficient (Wildman–Crippen LogP) is 0.796. The Balaban J connectivity index is 3.38. The average Bonchev–Trinajstić information content (AvgIpc) is 2.44. The molecule has 0 aromatic heterocycles. The van der Waals surface area contributed by atoms with Gasteiger partial charge in [-0.2, -0.15) is 11.8 Å². The molecule has 0 unspecified atom stereocenters. The van der Waals surface area contributed by atoms with E-state index in [1.54, 1.807) is 11.8 Å². The Morgan fingerprint density at radius 1 is 0.905 bits per heavy atom. The molecule has 122 valence electrons. The fourth-order valence-electron chi connectivity index (χ4n) is 1.07. The van der Waals surface area contributed by atoms with Crippen LogP contribution in [0.3, 0.4) is 0 Å². The van der Waals surface area contributed by atoms with Gasteiger partial charge in [0, 0.05) is 12.2 Å². The topological polar surface area (TPSA) is 88.1 Å². The standard InChI is InChI=1S/C13H22O7S/c1-11(14)3-4-12(15)19-10-20-13(16)9-18-6-5-17-7-8-21-2/h3-10H2,1-2H3. The van der Waals surface area contributed by atoms with E-state index in [1.165, 1.54) is 6.92 Å². The molecule has 0 rings (SSSR count). The summed E-state index contributed by atoms with van der Waals surface area (Å²) in [4.78, 5) is 32.9. The van der Waals surface area contributed by atoms with Crippen molar-refractivity contribution >= 4 is 29.5 Å². The minimum absolute atomic E-state index is 0.0171. The van der Waals surface area contributed by atoms with Crippen LogP contribution in [-0.4, -0.2) is 63.0 Å². The maximum atomic E-state index is 11.2. The highest BCUT2D eigenvalue weighted by molar-refractivity contribution is 7.98. The van der Waals surface area contributed by atoms with Crippen molar-refractivity contribution in [3.8, 4) is 0 Å². The Labute approximate surface area is 128 Å². The molecule has 0 aromatic carbocycles.